The fourth-order valence-corrected chi connectivity index (χ4v) is 2.21. The Labute approximate surface area is 127 Å². The summed E-state index contributed by atoms with van der Waals surface area (Å²) in [5.74, 6) is -0.291. The summed E-state index contributed by atoms with van der Waals surface area (Å²) in [6.45, 7) is 2.13. The van der Waals surface area contributed by atoms with Crippen molar-refractivity contribution in [3.05, 3.63) is 52.9 Å². The second kappa shape index (κ2) is 6.54. The number of benzene rings is 1. The Hall–Kier alpha value is -2.14. The number of hydrogen-bond acceptors (Lipinski definition) is 3. The van der Waals surface area contributed by atoms with Crippen LogP contribution in [0.5, 0.6) is 0 Å². The second-order valence-corrected chi connectivity index (χ2v) is 4.70. The lowest BCUT2D eigenvalue weighted by Crippen LogP contribution is -2.31. The molecule has 0 bridgehead atoms. The molecule has 2 aromatic rings. The number of para-hydroxylation sites is 1. The third-order valence-corrected chi connectivity index (χ3v) is 3.20. The van der Waals surface area contributed by atoms with E-state index in [1.54, 1.807) is 38.2 Å². The Kier molecular flexibility index (Phi) is 4.75. The molecule has 2 rings (SSSR count). The van der Waals surface area contributed by atoms with Crippen molar-refractivity contribution in [3.8, 4) is 0 Å². The predicted molar refractivity (Wildman–Crippen MR) is 82.5 cm³/mol. The zero-order valence-corrected chi connectivity index (χ0v) is 12.5. The summed E-state index contributed by atoms with van der Waals surface area (Å²) in [6.07, 6.45) is 0. The van der Waals surface area contributed by atoms with Gasteiger partial charge in [-0.3, -0.25) is 4.79 Å². The molecule has 0 saturated carbocycles. The first-order valence-electron chi connectivity index (χ1n) is 6.48. The third-order valence-electron chi connectivity index (χ3n) is 3.00. The minimum atomic E-state index is -0.443. The van der Waals surface area contributed by atoms with Gasteiger partial charge in [0.1, 0.15) is 16.8 Å². The Bertz CT molecular complexity index is 663. The summed E-state index contributed by atoms with van der Waals surface area (Å²) < 4.78 is 13.9. The van der Waals surface area contributed by atoms with E-state index in [4.69, 9.17) is 11.6 Å². The molecule has 21 heavy (non-hydrogen) atoms. The molecule has 0 aliphatic heterocycles. The molecule has 6 heteroatoms. The molecule has 110 valence electrons. The molecule has 1 N–H and O–H groups in total. The molecule has 0 atom stereocenters. The van der Waals surface area contributed by atoms with Crippen LogP contribution in [0.1, 0.15) is 17.3 Å². The monoisotopic (exact) mass is 307 g/mol. The molecule has 0 unspecified atom stereocenters. The average Bonchev–Trinajstić information content (AvgIpc) is 2.49. The average molecular weight is 308 g/mol. The highest BCUT2D eigenvalue weighted by Crippen LogP contribution is 2.22. The highest BCUT2D eigenvalue weighted by atomic mass is 35.5. The number of aromatic nitrogens is 1. The van der Waals surface area contributed by atoms with Gasteiger partial charge < -0.3 is 10.2 Å². The first-order valence-corrected chi connectivity index (χ1v) is 6.86. The fourth-order valence-electron chi connectivity index (χ4n) is 2.00. The predicted octanol–water partition coefficient (Wildman–Crippen LogP) is 3.58. The molecular weight excluding hydrogens is 293 g/mol. The van der Waals surface area contributed by atoms with Crippen LogP contribution < -0.4 is 10.2 Å². The van der Waals surface area contributed by atoms with Gasteiger partial charge in [-0.2, -0.15) is 0 Å². The largest absolute Gasteiger partial charge is 0.373 e. The number of rotatable bonds is 4. The summed E-state index contributed by atoms with van der Waals surface area (Å²) in [5, 5.41) is 3.03. The van der Waals surface area contributed by atoms with E-state index in [1.165, 1.54) is 17.0 Å². The molecule has 0 aliphatic carbocycles. The van der Waals surface area contributed by atoms with Crippen molar-refractivity contribution < 1.29 is 9.18 Å². The minimum absolute atomic E-state index is 0.204. The minimum Gasteiger partial charge on any atom is -0.373 e. The highest BCUT2D eigenvalue weighted by molar-refractivity contribution is 6.30. The smallest absolute Gasteiger partial charge is 0.258 e. The number of nitrogens with one attached hydrogen (secondary N) is 1. The molecular formula is C15H15ClFN3O. The standard InChI is InChI=1S/C15H15ClFN3O/c1-3-20(12-7-5-4-6-11(12)17)15(21)10-8-13(16)19-14(9-10)18-2/h4-9H,3H2,1-2H3,(H,18,19). The number of halogens is 2. The quantitative estimate of drug-likeness (QED) is 0.878. The summed E-state index contributed by atoms with van der Waals surface area (Å²) in [6, 6.07) is 9.21. The van der Waals surface area contributed by atoms with Gasteiger partial charge in [0, 0.05) is 19.2 Å². The van der Waals surface area contributed by atoms with E-state index in [-0.39, 0.29) is 16.7 Å². The van der Waals surface area contributed by atoms with Crippen molar-refractivity contribution in [2.75, 3.05) is 23.8 Å². The Morgan fingerprint density at radius 1 is 1.38 bits per heavy atom. The van der Waals surface area contributed by atoms with Crippen LogP contribution in [0.25, 0.3) is 0 Å². The maximum Gasteiger partial charge on any atom is 0.258 e. The molecule has 0 aliphatic rings. The second-order valence-electron chi connectivity index (χ2n) is 4.31. The molecule has 1 heterocycles. The molecule has 0 saturated heterocycles. The van der Waals surface area contributed by atoms with Crippen LogP contribution in [0.2, 0.25) is 5.15 Å². The van der Waals surface area contributed by atoms with Crippen LogP contribution >= 0.6 is 11.6 Å². The van der Waals surface area contributed by atoms with E-state index in [2.05, 4.69) is 10.3 Å². The van der Waals surface area contributed by atoms with Crippen LogP contribution in [0.15, 0.2) is 36.4 Å². The van der Waals surface area contributed by atoms with Gasteiger partial charge in [0.05, 0.1) is 5.69 Å². The highest BCUT2D eigenvalue weighted by Gasteiger charge is 2.20. The summed E-state index contributed by atoms with van der Waals surface area (Å²) in [7, 11) is 1.68. The molecule has 0 fully saturated rings. The maximum atomic E-state index is 13.9. The Morgan fingerprint density at radius 2 is 2.10 bits per heavy atom. The van der Waals surface area contributed by atoms with Gasteiger partial charge in [0.2, 0.25) is 0 Å². The van der Waals surface area contributed by atoms with Crippen LogP contribution in [-0.4, -0.2) is 24.5 Å². The maximum absolute atomic E-state index is 13.9. The molecule has 0 spiro atoms. The van der Waals surface area contributed by atoms with E-state index in [0.717, 1.165) is 0 Å². The van der Waals surface area contributed by atoms with E-state index in [0.29, 0.717) is 17.9 Å². The van der Waals surface area contributed by atoms with Crippen LogP contribution in [0.4, 0.5) is 15.9 Å². The van der Waals surface area contributed by atoms with Gasteiger partial charge in [-0.05, 0) is 31.2 Å². The molecule has 0 radical (unpaired) electrons. The molecule has 1 aromatic carbocycles. The lowest BCUT2D eigenvalue weighted by atomic mass is 10.2. The zero-order chi connectivity index (χ0) is 15.4. The number of hydrogen-bond donors (Lipinski definition) is 1. The number of carbonyl (C=O) groups is 1. The van der Waals surface area contributed by atoms with Crippen LogP contribution in [-0.2, 0) is 0 Å². The summed E-state index contributed by atoms with van der Waals surface area (Å²) >= 11 is 5.90. The van der Waals surface area contributed by atoms with E-state index in [1.807, 2.05) is 0 Å². The van der Waals surface area contributed by atoms with Gasteiger partial charge in [-0.25, -0.2) is 9.37 Å². The van der Waals surface area contributed by atoms with Gasteiger partial charge in [0.25, 0.3) is 5.91 Å². The number of pyridine rings is 1. The topological polar surface area (TPSA) is 45.2 Å². The molecule has 1 amide bonds. The van der Waals surface area contributed by atoms with Gasteiger partial charge in [-0.15, -0.1) is 0 Å². The van der Waals surface area contributed by atoms with Crippen molar-refractivity contribution in [2.24, 2.45) is 0 Å². The first kappa shape index (κ1) is 15.3. The summed E-state index contributed by atoms with van der Waals surface area (Å²) in [4.78, 5) is 18.0. The number of nitrogens with zero attached hydrogens (tertiary/aromatic N) is 2. The van der Waals surface area contributed by atoms with Crippen LogP contribution in [0.3, 0.4) is 0 Å². The summed E-state index contributed by atoms with van der Waals surface area (Å²) in [5.41, 5.74) is 0.591. The van der Waals surface area contributed by atoms with Crippen molar-refractivity contribution in [2.45, 2.75) is 6.92 Å². The lowest BCUT2D eigenvalue weighted by Gasteiger charge is -2.22. The Morgan fingerprint density at radius 3 is 2.71 bits per heavy atom. The first-order chi connectivity index (χ1) is 10.1. The molecule has 1 aromatic heterocycles. The van der Waals surface area contributed by atoms with E-state index >= 15 is 0 Å². The lowest BCUT2D eigenvalue weighted by molar-refractivity contribution is 0.0987. The fraction of sp³-hybridized carbons (Fsp3) is 0.200. The van der Waals surface area contributed by atoms with Crippen LogP contribution in [0, 0.1) is 5.82 Å². The SMILES string of the molecule is CCN(C(=O)c1cc(Cl)nc(NC)c1)c1ccccc1F. The number of anilines is 2. The van der Waals surface area contributed by atoms with Crippen molar-refractivity contribution in [3.63, 3.8) is 0 Å². The van der Waals surface area contributed by atoms with Gasteiger partial charge in [-0.1, -0.05) is 23.7 Å². The van der Waals surface area contributed by atoms with E-state index in [9.17, 15) is 9.18 Å². The number of amides is 1. The van der Waals surface area contributed by atoms with Crippen molar-refractivity contribution in [1.29, 1.82) is 0 Å². The van der Waals surface area contributed by atoms with Gasteiger partial charge >= 0.3 is 0 Å². The molecule has 4 nitrogen and oxygen atoms in total. The van der Waals surface area contributed by atoms with Crippen molar-refractivity contribution in [1.82, 2.24) is 4.98 Å². The number of carbonyl (C=O) groups excluding carboxylic acids is 1. The zero-order valence-electron chi connectivity index (χ0n) is 11.7. The van der Waals surface area contributed by atoms with E-state index < -0.39 is 5.82 Å². The van der Waals surface area contributed by atoms with Gasteiger partial charge in [0.15, 0.2) is 0 Å². The Balaban J connectivity index is 2.41. The van der Waals surface area contributed by atoms with Crippen molar-refractivity contribution >= 4 is 29.0 Å². The third kappa shape index (κ3) is 3.31. The normalized spacial score (nSPS) is 10.3.